The molecule has 0 saturated carbocycles. The van der Waals surface area contributed by atoms with Crippen LogP contribution in [0.15, 0.2) is 30.7 Å². The van der Waals surface area contributed by atoms with Crippen LogP contribution in [0.2, 0.25) is 0 Å². The standard InChI is InChI=1S/C15H21N5O2/c1-11(5-8-21)19-15(22)18-10-13-3-4-14(17-9-13)20-7-6-16-12(20)2/h3-4,6-7,9,11,21H,5,8,10H2,1-2H3,(H2,18,19,22)/t11-/m1/s1. The molecule has 0 aromatic carbocycles. The molecule has 2 aromatic heterocycles. The average Bonchev–Trinajstić information content (AvgIpc) is 2.92. The van der Waals surface area contributed by atoms with Crippen LogP contribution in [-0.2, 0) is 6.54 Å². The van der Waals surface area contributed by atoms with Crippen molar-refractivity contribution in [3.05, 3.63) is 42.1 Å². The summed E-state index contributed by atoms with van der Waals surface area (Å²) < 4.78 is 1.89. The Labute approximate surface area is 129 Å². The van der Waals surface area contributed by atoms with Crippen molar-refractivity contribution in [3.8, 4) is 5.82 Å². The summed E-state index contributed by atoms with van der Waals surface area (Å²) in [7, 11) is 0. The molecule has 0 saturated heterocycles. The molecule has 0 aliphatic rings. The molecule has 118 valence electrons. The molecule has 2 rings (SSSR count). The number of hydrogen-bond acceptors (Lipinski definition) is 4. The molecular formula is C15H21N5O2. The summed E-state index contributed by atoms with van der Waals surface area (Å²) >= 11 is 0. The molecule has 0 aliphatic heterocycles. The Hall–Kier alpha value is -2.41. The van der Waals surface area contributed by atoms with Crippen molar-refractivity contribution in [2.45, 2.75) is 32.9 Å². The minimum Gasteiger partial charge on any atom is -0.396 e. The lowest BCUT2D eigenvalue weighted by Crippen LogP contribution is -2.40. The monoisotopic (exact) mass is 303 g/mol. The van der Waals surface area contributed by atoms with Crippen molar-refractivity contribution in [1.82, 2.24) is 25.2 Å². The van der Waals surface area contributed by atoms with Gasteiger partial charge in [-0.1, -0.05) is 6.07 Å². The first kappa shape index (κ1) is 16.0. The van der Waals surface area contributed by atoms with Crippen molar-refractivity contribution in [2.75, 3.05) is 6.61 Å². The van der Waals surface area contributed by atoms with Crippen LogP contribution in [0, 0.1) is 6.92 Å². The Bertz CT molecular complexity index is 609. The summed E-state index contributed by atoms with van der Waals surface area (Å²) in [5.41, 5.74) is 0.909. The zero-order valence-electron chi connectivity index (χ0n) is 12.8. The summed E-state index contributed by atoms with van der Waals surface area (Å²) in [6.45, 7) is 4.21. The molecule has 0 spiro atoms. The van der Waals surface area contributed by atoms with Gasteiger partial charge >= 0.3 is 6.03 Å². The molecule has 0 bridgehead atoms. The van der Waals surface area contributed by atoms with Crippen LogP contribution >= 0.6 is 0 Å². The average molecular weight is 303 g/mol. The zero-order chi connectivity index (χ0) is 15.9. The highest BCUT2D eigenvalue weighted by molar-refractivity contribution is 5.74. The third-order valence-electron chi connectivity index (χ3n) is 3.27. The van der Waals surface area contributed by atoms with Gasteiger partial charge in [-0.05, 0) is 31.9 Å². The molecule has 22 heavy (non-hydrogen) atoms. The fraction of sp³-hybridized carbons (Fsp3) is 0.400. The number of aryl methyl sites for hydroxylation is 1. The van der Waals surface area contributed by atoms with E-state index in [2.05, 4.69) is 20.6 Å². The van der Waals surface area contributed by atoms with Gasteiger partial charge in [-0.25, -0.2) is 14.8 Å². The predicted octanol–water partition coefficient (Wildman–Crippen LogP) is 1.15. The third kappa shape index (κ3) is 4.29. The van der Waals surface area contributed by atoms with Gasteiger partial charge in [-0.15, -0.1) is 0 Å². The van der Waals surface area contributed by atoms with Crippen LogP contribution in [0.1, 0.15) is 24.7 Å². The first-order valence-electron chi connectivity index (χ1n) is 7.20. The lowest BCUT2D eigenvalue weighted by atomic mass is 10.2. The minimum absolute atomic E-state index is 0.0560. The van der Waals surface area contributed by atoms with Gasteiger partial charge in [0.25, 0.3) is 0 Å². The Kier molecular flexibility index (Phi) is 5.48. The second-order valence-corrected chi connectivity index (χ2v) is 5.11. The highest BCUT2D eigenvalue weighted by atomic mass is 16.3. The Morgan fingerprint density at radius 3 is 2.82 bits per heavy atom. The van der Waals surface area contributed by atoms with E-state index in [-0.39, 0.29) is 18.7 Å². The van der Waals surface area contributed by atoms with E-state index in [1.54, 1.807) is 12.4 Å². The van der Waals surface area contributed by atoms with Gasteiger partial charge in [0.05, 0.1) is 0 Å². The van der Waals surface area contributed by atoms with Gasteiger partial charge in [0.1, 0.15) is 11.6 Å². The van der Waals surface area contributed by atoms with Crippen LogP contribution in [0.5, 0.6) is 0 Å². The van der Waals surface area contributed by atoms with Crippen molar-refractivity contribution >= 4 is 6.03 Å². The van der Waals surface area contributed by atoms with Crippen LogP contribution in [0.4, 0.5) is 4.79 Å². The molecular weight excluding hydrogens is 282 g/mol. The third-order valence-corrected chi connectivity index (χ3v) is 3.27. The second-order valence-electron chi connectivity index (χ2n) is 5.11. The number of aliphatic hydroxyl groups is 1. The number of carbonyl (C=O) groups excluding carboxylic acids is 1. The van der Waals surface area contributed by atoms with Gasteiger partial charge in [0.2, 0.25) is 0 Å². The van der Waals surface area contributed by atoms with Gasteiger partial charge in [-0.3, -0.25) is 4.57 Å². The van der Waals surface area contributed by atoms with Crippen molar-refractivity contribution < 1.29 is 9.90 Å². The quantitative estimate of drug-likeness (QED) is 0.746. The van der Waals surface area contributed by atoms with Crippen molar-refractivity contribution in [3.63, 3.8) is 0 Å². The van der Waals surface area contributed by atoms with Gasteiger partial charge in [0, 0.05) is 37.8 Å². The summed E-state index contributed by atoms with van der Waals surface area (Å²) in [6.07, 6.45) is 5.84. The van der Waals surface area contributed by atoms with E-state index in [9.17, 15) is 4.79 Å². The highest BCUT2D eigenvalue weighted by Gasteiger charge is 2.06. The Balaban J connectivity index is 1.87. The molecule has 0 aliphatic carbocycles. The van der Waals surface area contributed by atoms with E-state index in [0.717, 1.165) is 17.2 Å². The van der Waals surface area contributed by atoms with Gasteiger partial charge < -0.3 is 15.7 Å². The lowest BCUT2D eigenvalue weighted by Gasteiger charge is -2.13. The van der Waals surface area contributed by atoms with Crippen LogP contribution in [0.25, 0.3) is 5.82 Å². The zero-order valence-corrected chi connectivity index (χ0v) is 12.8. The van der Waals surface area contributed by atoms with Crippen molar-refractivity contribution in [2.24, 2.45) is 0 Å². The molecule has 7 nitrogen and oxygen atoms in total. The van der Waals surface area contributed by atoms with Crippen molar-refractivity contribution in [1.29, 1.82) is 0 Å². The van der Waals surface area contributed by atoms with Crippen LogP contribution < -0.4 is 10.6 Å². The molecule has 1 atom stereocenters. The fourth-order valence-corrected chi connectivity index (χ4v) is 2.01. The van der Waals surface area contributed by atoms with E-state index in [4.69, 9.17) is 5.11 Å². The van der Waals surface area contributed by atoms with Gasteiger partial charge in [0.15, 0.2) is 0 Å². The molecule has 2 aromatic rings. The smallest absolute Gasteiger partial charge is 0.315 e. The Morgan fingerprint density at radius 1 is 1.41 bits per heavy atom. The first-order valence-corrected chi connectivity index (χ1v) is 7.20. The van der Waals surface area contributed by atoms with Crippen LogP contribution in [0.3, 0.4) is 0 Å². The number of urea groups is 1. The molecule has 3 N–H and O–H groups in total. The largest absolute Gasteiger partial charge is 0.396 e. The van der Waals surface area contributed by atoms with E-state index in [1.807, 2.05) is 36.7 Å². The lowest BCUT2D eigenvalue weighted by molar-refractivity contribution is 0.230. The summed E-state index contributed by atoms with van der Waals surface area (Å²) in [5.74, 6) is 1.66. The number of nitrogens with zero attached hydrogens (tertiary/aromatic N) is 3. The maximum absolute atomic E-state index is 11.7. The maximum atomic E-state index is 11.7. The molecule has 0 unspecified atom stereocenters. The molecule has 0 fully saturated rings. The Morgan fingerprint density at radius 2 is 2.23 bits per heavy atom. The predicted molar refractivity (Wildman–Crippen MR) is 82.6 cm³/mol. The summed E-state index contributed by atoms with van der Waals surface area (Å²) in [4.78, 5) is 20.2. The van der Waals surface area contributed by atoms with E-state index in [1.165, 1.54) is 0 Å². The first-order chi connectivity index (χ1) is 10.6. The number of pyridine rings is 1. The summed E-state index contributed by atoms with van der Waals surface area (Å²) in [6, 6.07) is 3.49. The number of amides is 2. The number of aliphatic hydroxyl groups excluding tert-OH is 1. The topological polar surface area (TPSA) is 92.1 Å². The summed E-state index contributed by atoms with van der Waals surface area (Å²) in [5, 5.41) is 14.3. The minimum atomic E-state index is -0.254. The van der Waals surface area contributed by atoms with E-state index >= 15 is 0 Å². The maximum Gasteiger partial charge on any atom is 0.315 e. The fourth-order valence-electron chi connectivity index (χ4n) is 2.01. The van der Waals surface area contributed by atoms with Crippen LogP contribution in [-0.4, -0.2) is 38.3 Å². The number of aromatic nitrogens is 3. The molecule has 7 heteroatoms. The molecule has 2 amide bonds. The van der Waals surface area contributed by atoms with E-state index < -0.39 is 0 Å². The molecule has 2 heterocycles. The van der Waals surface area contributed by atoms with E-state index in [0.29, 0.717) is 13.0 Å². The number of nitrogens with one attached hydrogen (secondary N) is 2. The SMILES string of the molecule is Cc1nccn1-c1ccc(CNC(=O)N[C@H](C)CCO)cn1. The number of rotatable bonds is 6. The molecule has 0 radical (unpaired) electrons. The highest BCUT2D eigenvalue weighted by Crippen LogP contribution is 2.08. The second kappa shape index (κ2) is 7.56. The van der Waals surface area contributed by atoms with Gasteiger partial charge in [-0.2, -0.15) is 0 Å². The number of hydrogen-bond donors (Lipinski definition) is 3. The number of imidazole rings is 1. The number of carbonyl (C=O) groups is 1. The normalized spacial score (nSPS) is 12.0.